The molecule has 4 nitrogen and oxygen atoms in total. The van der Waals surface area contributed by atoms with Crippen LogP contribution in [0.25, 0.3) is 0 Å². The van der Waals surface area contributed by atoms with Gasteiger partial charge in [0.05, 0.1) is 18.0 Å². The van der Waals surface area contributed by atoms with Crippen LogP contribution in [0.2, 0.25) is 0 Å². The Bertz CT molecular complexity index is 715. The van der Waals surface area contributed by atoms with Gasteiger partial charge < -0.3 is 15.0 Å². The Hall–Kier alpha value is -2.56. The number of piperidine rings is 1. The van der Waals surface area contributed by atoms with E-state index in [4.69, 9.17) is 4.74 Å². The molecule has 0 aliphatic carbocycles. The number of rotatable bonds is 7. The van der Waals surface area contributed by atoms with Crippen LogP contribution in [-0.4, -0.2) is 25.6 Å². The Kier molecular flexibility index (Phi) is 6.47. The molecule has 1 heterocycles. The van der Waals surface area contributed by atoms with Gasteiger partial charge in [-0.05, 0) is 56.0 Å². The normalized spacial score (nSPS) is 14.1. The highest BCUT2D eigenvalue weighted by atomic mass is 19.1. The molecule has 0 radical (unpaired) electrons. The lowest BCUT2D eigenvalue weighted by molar-refractivity contribution is -0.116. The molecule has 5 heteroatoms. The number of nitrogens with one attached hydrogen (secondary N) is 1. The molecule has 1 amide bonds. The maximum atomic E-state index is 13.7. The van der Waals surface area contributed by atoms with E-state index >= 15 is 0 Å². The lowest BCUT2D eigenvalue weighted by Gasteiger charge is -2.30. The zero-order valence-electron chi connectivity index (χ0n) is 14.9. The second kappa shape index (κ2) is 9.22. The van der Waals surface area contributed by atoms with Crippen molar-refractivity contribution < 1.29 is 13.9 Å². The van der Waals surface area contributed by atoms with E-state index in [0.29, 0.717) is 25.1 Å². The number of hydrogen-bond acceptors (Lipinski definition) is 3. The number of hydrogen-bond donors (Lipinski definition) is 1. The number of nitrogens with zero attached hydrogens (tertiary/aromatic N) is 1. The molecule has 0 atom stereocenters. The first-order chi connectivity index (χ1) is 12.7. The van der Waals surface area contributed by atoms with Crippen LogP contribution in [0.1, 0.15) is 32.1 Å². The summed E-state index contributed by atoms with van der Waals surface area (Å²) in [5, 5.41) is 2.87. The van der Waals surface area contributed by atoms with E-state index in [1.165, 1.54) is 18.6 Å². The third-order valence-corrected chi connectivity index (χ3v) is 4.49. The van der Waals surface area contributed by atoms with E-state index in [2.05, 4.69) is 10.2 Å². The number of ether oxygens (including phenoxy) is 1. The first-order valence-corrected chi connectivity index (χ1v) is 9.24. The molecule has 1 aliphatic rings. The van der Waals surface area contributed by atoms with Crippen molar-refractivity contribution in [3.05, 3.63) is 54.3 Å². The molecule has 1 saturated heterocycles. The Morgan fingerprint density at radius 1 is 1.08 bits per heavy atom. The van der Waals surface area contributed by atoms with Crippen molar-refractivity contribution in [1.29, 1.82) is 0 Å². The molecule has 2 aromatic rings. The second-order valence-electron chi connectivity index (χ2n) is 6.52. The highest BCUT2D eigenvalue weighted by Crippen LogP contribution is 2.29. The number of benzene rings is 2. The van der Waals surface area contributed by atoms with Crippen LogP contribution in [0.3, 0.4) is 0 Å². The fourth-order valence-corrected chi connectivity index (χ4v) is 3.17. The summed E-state index contributed by atoms with van der Waals surface area (Å²) in [6.45, 7) is 2.36. The maximum absolute atomic E-state index is 13.7. The predicted molar refractivity (Wildman–Crippen MR) is 102 cm³/mol. The van der Waals surface area contributed by atoms with Gasteiger partial charge >= 0.3 is 0 Å². The molecule has 1 fully saturated rings. The molecule has 0 unspecified atom stereocenters. The second-order valence-corrected chi connectivity index (χ2v) is 6.52. The fourth-order valence-electron chi connectivity index (χ4n) is 3.17. The van der Waals surface area contributed by atoms with Crippen molar-refractivity contribution in [2.45, 2.75) is 32.1 Å². The zero-order valence-corrected chi connectivity index (χ0v) is 14.9. The highest BCUT2D eigenvalue weighted by molar-refractivity contribution is 5.94. The molecular formula is C21H25FN2O2. The summed E-state index contributed by atoms with van der Waals surface area (Å²) < 4.78 is 19.3. The number of carbonyl (C=O) groups is 1. The van der Waals surface area contributed by atoms with Crippen LogP contribution in [0.4, 0.5) is 15.8 Å². The zero-order chi connectivity index (χ0) is 18.2. The first kappa shape index (κ1) is 18.2. The standard InChI is InChI=1S/C21H25FN2O2/c22-17-11-12-20(24-13-5-2-6-14-24)19(16-17)23-21(25)10-7-15-26-18-8-3-1-4-9-18/h1,3-4,8-9,11-12,16H,2,5-7,10,13-15H2,(H,23,25). The van der Waals surface area contributed by atoms with Gasteiger partial charge in [0.1, 0.15) is 11.6 Å². The van der Waals surface area contributed by atoms with Crippen molar-refractivity contribution in [2.24, 2.45) is 0 Å². The van der Waals surface area contributed by atoms with E-state index in [0.717, 1.165) is 37.4 Å². The number of amides is 1. The quantitative estimate of drug-likeness (QED) is 0.737. The summed E-state index contributed by atoms with van der Waals surface area (Å²) in [7, 11) is 0. The molecule has 0 saturated carbocycles. The Labute approximate surface area is 154 Å². The minimum absolute atomic E-state index is 0.120. The monoisotopic (exact) mass is 356 g/mol. The van der Waals surface area contributed by atoms with E-state index < -0.39 is 0 Å². The van der Waals surface area contributed by atoms with E-state index in [-0.39, 0.29) is 11.7 Å². The summed E-state index contributed by atoms with van der Waals surface area (Å²) in [5.74, 6) is 0.337. The number of halogens is 1. The number of anilines is 2. The van der Waals surface area contributed by atoms with Gasteiger partial charge in [-0.1, -0.05) is 18.2 Å². The van der Waals surface area contributed by atoms with Crippen molar-refractivity contribution in [3.63, 3.8) is 0 Å². The number of para-hydroxylation sites is 1. The van der Waals surface area contributed by atoms with E-state index in [1.807, 2.05) is 30.3 Å². The molecule has 2 aromatic carbocycles. The van der Waals surface area contributed by atoms with Crippen LogP contribution in [-0.2, 0) is 4.79 Å². The van der Waals surface area contributed by atoms with E-state index in [9.17, 15) is 9.18 Å². The van der Waals surface area contributed by atoms with Gasteiger partial charge in [-0.25, -0.2) is 4.39 Å². The van der Waals surface area contributed by atoms with Crippen molar-refractivity contribution in [3.8, 4) is 5.75 Å². The SMILES string of the molecule is O=C(CCCOc1ccccc1)Nc1cc(F)ccc1N1CCCCC1. The number of carbonyl (C=O) groups excluding carboxylic acids is 1. The highest BCUT2D eigenvalue weighted by Gasteiger charge is 2.16. The topological polar surface area (TPSA) is 41.6 Å². The predicted octanol–water partition coefficient (Wildman–Crippen LogP) is 4.61. The molecule has 1 aliphatic heterocycles. The molecule has 0 spiro atoms. The van der Waals surface area contributed by atoms with Gasteiger partial charge in [0.2, 0.25) is 5.91 Å². The summed E-state index contributed by atoms with van der Waals surface area (Å²) in [5.41, 5.74) is 1.46. The summed E-state index contributed by atoms with van der Waals surface area (Å²) in [6.07, 6.45) is 4.42. The molecular weight excluding hydrogens is 331 g/mol. The van der Waals surface area contributed by atoms with Crippen molar-refractivity contribution in [1.82, 2.24) is 0 Å². The maximum Gasteiger partial charge on any atom is 0.224 e. The Balaban J connectivity index is 1.52. The Morgan fingerprint density at radius 2 is 1.85 bits per heavy atom. The Morgan fingerprint density at radius 3 is 2.62 bits per heavy atom. The third kappa shape index (κ3) is 5.22. The lowest BCUT2D eigenvalue weighted by atomic mass is 10.1. The molecule has 1 N–H and O–H groups in total. The minimum atomic E-state index is -0.339. The molecule has 0 aromatic heterocycles. The van der Waals surface area contributed by atoms with Gasteiger partial charge in [0, 0.05) is 19.5 Å². The summed E-state index contributed by atoms with van der Waals surface area (Å²) >= 11 is 0. The van der Waals surface area contributed by atoms with Crippen LogP contribution in [0, 0.1) is 5.82 Å². The van der Waals surface area contributed by atoms with Gasteiger partial charge in [-0.2, -0.15) is 0 Å². The molecule has 26 heavy (non-hydrogen) atoms. The van der Waals surface area contributed by atoms with E-state index in [1.54, 1.807) is 6.07 Å². The van der Waals surface area contributed by atoms with Gasteiger partial charge in [0.15, 0.2) is 0 Å². The smallest absolute Gasteiger partial charge is 0.224 e. The molecule has 3 rings (SSSR count). The minimum Gasteiger partial charge on any atom is -0.494 e. The van der Waals surface area contributed by atoms with Crippen molar-refractivity contribution in [2.75, 3.05) is 29.9 Å². The summed E-state index contributed by atoms with van der Waals surface area (Å²) in [4.78, 5) is 14.5. The van der Waals surface area contributed by atoms with Crippen LogP contribution in [0.15, 0.2) is 48.5 Å². The third-order valence-electron chi connectivity index (χ3n) is 4.49. The largest absolute Gasteiger partial charge is 0.494 e. The molecule has 0 bridgehead atoms. The van der Waals surface area contributed by atoms with Gasteiger partial charge in [-0.15, -0.1) is 0 Å². The fraction of sp³-hybridized carbons (Fsp3) is 0.381. The molecule has 138 valence electrons. The average molecular weight is 356 g/mol. The van der Waals surface area contributed by atoms with Gasteiger partial charge in [-0.3, -0.25) is 4.79 Å². The lowest BCUT2D eigenvalue weighted by Crippen LogP contribution is -2.30. The first-order valence-electron chi connectivity index (χ1n) is 9.24. The average Bonchev–Trinajstić information content (AvgIpc) is 2.67. The van der Waals surface area contributed by atoms with Crippen LogP contribution in [0.5, 0.6) is 5.75 Å². The van der Waals surface area contributed by atoms with Crippen molar-refractivity contribution >= 4 is 17.3 Å². The van der Waals surface area contributed by atoms with Crippen LogP contribution >= 0.6 is 0 Å². The van der Waals surface area contributed by atoms with Gasteiger partial charge in [0.25, 0.3) is 0 Å². The van der Waals surface area contributed by atoms with Crippen LogP contribution < -0.4 is 15.0 Å². The summed E-state index contributed by atoms with van der Waals surface area (Å²) in [6, 6.07) is 14.1.